The Morgan fingerprint density at radius 1 is 1.38 bits per heavy atom. The molecule has 0 aromatic heterocycles. The standard InChI is InChI=1S/C5H13BO2/c1-5(2)3-4-6(7)8/h5,7-8H,3-4H2,1-2H3. The van der Waals surface area contributed by atoms with E-state index < -0.39 is 7.12 Å². The van der Waals surface area contributed by atoms with Crippen molar-refractivity contribution in [1.29, 1.82) is 0 Å². The zero-order valence-corrected chi connectivity index (χ0v) is 5.46. The van der Waals surface area contributed by atoms with Crippen LogP contribution in [-0.2, 0) is 0 Å². The third-order valence-electron chi connectivity index (χ3n) is 1.00. The zero-order valence-electron chi connectivity index (χ0n) is 5.46. The first-order valence-corrected chi connectivity index (χ1v) is 2.99. The van der Waals surface area contributed by atoms with Crippen molar-refractivity contribution in [2.45, 2.75) is 26.6 Å². The summed E-state index contributed by atoms with van der Waals surface area (Å²) in [7, 11) is -1.11. The molecule has 48 valence electrons. The van der Waals surface area contributed by atoms with Gasteiger partial charge >= 0.3 is 7.12 Å². The summed E-state index contributed by atoms with van der Waals surface area (Å²) in [6.45, 7) is 4.12. The summed E-state index contributed by atoms with van der Waals surface area (Å²) in [5, 5.41) is 16.7. The number of rotatable bonds is 3. The van der Waals surface area contributed by atoms with Crippen LogP contribution in [0.3, 0.4) is 0 Å². The van der Waals surface area contributed by atoms with Crippen molar-refractivity contribution in [2.24, 2.45) is 5.92 Å². The lowest BCUT2D eigenvalue weighted by atomic mass is 9.82. The van der Waals surface area contributed by atoms with Gasteiger partial charge in [0, 0.05) is 0 Å². The van der Waals surface area contributed by atoms with Crippen LogP contribution < -0.4 is 0 Å². The lowest BCUT2D eigenvalue weighted by molar-refractivity contribution is 0.397. The largest absolute Gasteiger partial charge is 0.451 e. The maximum atomic E-state index is 8.36. The van der Waals surface area contributed by atoms with E-state index in [0.717, 1.165) is 6.42 Å². The number of hydrogen-bond donors (Lipinski definition) is 2. The first kappa shape index (κ1) is 7.98. The molecule has 0 aliphatic rings. The third kappa shape index (κ3) is 5.98. The van der Waals surface area contributed by atoms with E-state index in [2.05, 4.69) is 13.8 Å². The van der Waals surface area contributed by atoms with Crippen LogP contribution >= 0.6 is 0 Å². The summed E-state index contributed by atoms with van der Waals surface area (Å²) in [6.07, 6.45) is 1.38. The molecule has 0 unspecified atom stereocenters. The lowest BCUT2D eigenvalue weighted by Gasteiger charge is -2.00. The summed E-state index contributed by atoms with van der Waals surface area (Å²) >= 11 is 0. The Balaban J connectivity index is 2.93. The normalized spacial score (nSPS) is 10.1. The van der Waals surface area contributed by atoms with Crippen LogP contribution in [0.4, 0.5) is 0 Å². The molecule has 0 bridgehead atoms. The van der Waals surface area contributed by atoms with Crippen LogP contribution in [0.15, 0.2) is 0 Å². The molecule has 0 aromatic carbocycles. The molecule has 2 nitrogen and oxygen atoms in total. The quantitative estimate of drug-likeness (QED) is 0.527. The van der Waals surface area contributed by atoms with Crippen molar-refractivity contribution in [3.05, 3.63) is 0 Å². The van der Waals surface area contributed by atoms with Crippen LogP contribution in [0.5, 0.6) is 0 Å². The van der Waals surface area contributed by atoms with Gasteiger partial charge in [-0.3, -0.25) is 0 Å². The Kier molecular flexibility index (Phi) is 3.92. The topological polar surface area (TPSA) is 40.5 Å². The molecule has 0 fully saturated rings. The molecule has 0 rings (SSSR count). The summed E-state index contributed by atoms with van der Waals surface area (Å²) in [4.78, 5) is 0. The van der Waals surface area contributed by atoms with E-state index >= 15 is 0 Å². The minimum Gasteiger partial charge on any atom is -0.427 e. The van der Waals surface area contributed by atoms with Crippen LogP contribution in [-0.4, -0.2) is 17.2 Å². The molecule has 3 heteroatoms. The molecule has 0 aromatic rings. The van der Waals surface area contributed by atoms with Crippen molar-refractivity contribution in [2.75, 3.05) is 0 Å². The van der Waals surface area contributed by atoms with Gasteiger partial charge in [0.15, 0.2) is 0 Å². The highest BCUT2D eigenvalue weighted by atomic mass is 16.4. The molecule has 0 spiro atoms. The molecule has 0 amide bonds. The fourth-order valence-electron chi connectivity index (χ4n) is 0.482. The molecule has 0 atom stereocenters. The van der Waals surface area contributed by atoms with Gasteiger partial charge in [-0.25, -0.2) is 0 Å². The molecular formula is C5H13BO2. The Morgan fingerprint density at radius 2 is 1.88 bits per heavy atom. The van der Waals surface area contributed by atoms with Crippen molar-refractivity contribution in [3.63, 3.8) is 0 Å². The maximum Gasteiger partial charge on any atom is 0.451 e. The molecule has 0 saturated heterocycles. The van der Waals surface area contributed by atoms with Crippen molar-refractivity contribution in [3.8, 4) is 0 Å². The Morgan fingerprint density at radius 3 is 2.00 bits per heavy atom. The minimum absolute atomic E-state index is 0.498. The highest BCUT2D eigenvalue weighted by Crippen LogP contribution is 2.03. The molecule has 0 aliphatic carbocycles. The van der Waals surface area contributed by atoms with Gasteiger partial charge in [0.05, 0.1) is 0 Å². The van der Waals surface area contributed by atoms with E-state index in [9.17, 15) is 0 Å². The van der Waals surface area contributed by atoms with E-state index in [-0.39, 0.29) is 0 Å². The van der Waals surface area contributed by atoms with Gasteiger partial charge < -0.3 is 10.0 Å². The average Bonchev–Trinajstić information content (AvgIpc) is 1.61. The first-order valence-electron chi connectivity index (χ1n) is 2.99. The van der Waals surface area contributed by atoms with E-state index in [1.165, 1.54) is 0 Å². The SMILES string of the molecule is CC(C)CCB(O)O. The fraction of sp³-hybridized carbons (Fsp3) is 1.00. The molecule has 0 radical (unpaired) electrons. The maximum absolute atomic E-state index is 8.36. The van der Waals surface area contributed by atoms with Gasteiger partial charge in [0.25, 0.3) is 0 Å². The third-order valence-corrected chi connectivity index (χ3v) is 1.00. The van der Waals surface area contributed by atoms with Crippen molar-refractivity contribution in [1.82, 2.24) is 0 Å². The highest BCUT2D eigenvalue weighted by molar-refractivity contribution is 6.40. The van der Waals surface area contributed by atoms with E-state index in [1.807, 2.05) is 0 Å². The second kappa shape index (κ2) is 3.92. The summed E-state index contributed by atoms with van der Waals surface area (Å²) in [5.74, 6) is 0.566. The van der Waals surface area contributed by atoms with Gasteiger partial charge in [0.1, 0.15) is 0 Å². The molecular weight excluding hydrogens is 103 g/mol. The highest BCUT2D eigenvalue weighted by Gasteiger charge is 2.05. The lowest BCUT2D eigenvalue weighted by Crippen LogP contribution is -2.10. The Hall–Kier alpha value is -0.0151. The van der Waals surface area contributed by atoms with E-state index in [4.69, 9.17) is 10.0 Å². The van der Waals surface area contributed by atoms with Gasteiger partial charge in [-0.05, 0) is 12.2 Å². The molecule has 2 N–H and O–H groups in total. The average molecular weight is 116 g/mol. The van der Waals surface area contributed by atoms with Gasteiger partial charge in [-0.1, -0.05) is 20.3 Å². The van der Waals surface area contributed by atoms with Crippen LogP contribution in [0, 0.1) is 5.92 Å². The molecule has 8 heavy (non-hydrogen) atoms. The summed E-state index contributed by atoms with van der Waals surface area (Å²) < 4.78 is 0. The molecule has 0 saturated carbocycles. The second-order valence-electron chi connectivity index (χ2n) is 2.45. The molecule has 0 aliphatic heterocycles. The predicted molar refractivity (Wildman–Crippen MR) is 34.5 cm³/mol. The van der Waals surface area contributed by atoms with Gasteiger partial charge in [0.2, 0.25) is 0 Å². The minimum atomic E-state index is -1.11. The fourth-order valence-corrected chi connectivity index (χ4v) is 0.482. The zero-order chi connectivity index (χ0) is 6.57. The van der Waals surface area contributed by atoms with Crippen molar-refractivity contribution < 1.29 is 10.0 Å². The van der Waals surface area contributed by atoms with Crippen molar-refractivity contribution >= 4 is 7.12 Å². The molecule has 0 heterocycles. The smallest absolute Gasteiger partial charge is 0.427 e. The van der Waals surface area contributed by atoms with Gasteiger partial charge in [-0.15, -0.1) is 0 Å². The monoisotopic (exact) mass is 116 g/mol. The van der Waals surface area contributed by atoms with Crippen LogP contribution in [0.1, 0.15) is 20.3 Å². The van der Waals surface area contributed by atoms with E-state index in [1.54, 1.807) is 0 Å². The Labute approximate surface area is 50.7 Å². The first-order chi connectivity index (χ1) is 3.63. The summed E-state index contributed by atoms with van der Waals surface area (Å²) in [5.41, 5.74) is 0. The van der Waals surface area contributed by atoms with E-state index in [0.29, 0.717) is 12.2 Å². The Bertz CT molecular complexity index is 46.4. The predicted octanol–water partition coefficient (Wildman–Crippen LogP) is 0.505. The second-order valence-corrected chi connectivity index (χ2v) is 2.45. The van der Waals surface area contributed by atoms with Crippen LogP contribution in [0.25, 0.3) is 0 Å². The summed E-state index contributed by atoms with van der Waals surface area (Å²) in [6, 6.07) is 0. The van der Waals surface area contributed by atoms with Gasteiger partial charge in [-0.2, -0.15) is 0 Å². The number of hydrogen-bond acceptors (Lipinski definition) is 2. The van der Waals surface area contributed by atoms with Crippen LogP contribution in [0.2, 0.25) is 6.32 Å².